The van der Waals surface area contributed by atoms with Crippen molar-refractivity contribution in [1.82, 2.24) is 4.98 Å². The van der Waals surface area contributed by atoms with Gasteiger partial charge in [-0.25, -0.2) is 4.98 Å². The molecule has 2 N–H and O–H groups in total. The van der Waals surface area contributed by atoms with Crippen LogP contribution in [0.1, 0.15) is 0 Å². The summed E-state index contributed by atoms with van der Waals surface area (Å²) >= 11 is 0. The van der Waals surface area contributed by atoms with Gasteiger partial charge in [-0.1, -0.05) is 0 Å². The molecule has 0 radical (unpaired) electrons. The number of pyridine rings is 1. The molecule has 1 aliphatic rings. The van der Waals surface area contributed by atoms with E-state index in [1.54, 1.807) is 12.1 Å². The molecule has 94 valence electrons. The average molecular weight is 247 g/mol. The van der Waals surface area contributed by atoms with Gasteiger partial charge in [0.25, 0.3) is 0 Å². The first-order valence-corrected chi connectivity index (χ1v) is 4.97. The van der Waals surface area contributed by atoms with Crippen LogP contribution in [0, 0.1) is 0 Å². The maximum Gasteiger partial charge on any atom is 0.420 e. The molecule has 0 saturated carbocycles. The van der Waals surface area contributed by atoms with Crippen molar-refractivity contribution in [1.29, 1.82) is 0 Å². The lowest BCUT2D eigenvalue weighted by atomic mass is 9.93. The predicted molar refractivity (Wildman–Crippen MR) is 56.7 cm³/mol. The summed E-state index contributed by atoms with van der Waals surface area (Å²) in [6.07, 6.45) is -2.89. The molecule has 0 bridgehead atoms. The van der Waals surface area contributed by atoms with Crippen molar-refractivity contribution in [2.45, 2.75) is 11.8 Å². The molecule has 1 aromatic rings. The van der Waals surface area contributed by atoms with Gasteiger partial charge in [0.2, 0.25) is 0 Å². The Hall–Kier alpha value is -1.50. The van der Waals surface area contributed by atoms with Crippen molar-refractivity contribution in [2.24, 2.45) is 0 Å². The molecule has 0 atom stereocenters. The molecule has 7 heteroatoms. The summed E-state index contributed by atoms with van der Waals surface area (Å²) in [5.41, 5.74) is 3.90. The van der Waals surface area contributed by atoms with Gasteiger partial charge in [-0.15, -0.1) is 0 Å². The van der Waals surface area contributed by atoms with Crippen LogP contribution >= 0.6 is 0 Å². The minimum absolute atomic E-state index is 0.284. The highest BCUT2D eigenvalue weighted by molar-refractivity contribution is 5.64. The zero-order valence-electron chi connectivity index (χ0n) is 9.16. The highest BCUT2D eigenvalue weighted by Gasteiger charge is 2.63. The van der Waals surface area contributed by atoms with Crippen molar-refractivity contribution in [3.05, 3.63) is 18.3 Å². The van der Waals surface area contributed by atoms with Crippen LogP contribution in [0.2, 0.25) is 0 Å². The molecule has 2 heterocycles. The van der Waals surface area contributed by atoms with E-state index in [1.165, 1.54) is 11.1 Å². The van der Waals surface area contributed by atoms with Crippen molar-refractivity contribution in [2.75, 3.05) is 30.8 Å². The molecular formula is C10H12F3N3O. The zero-order chi connectivity index (χ0) is 12.7. The summed E-state index contributed by atoms with van der Waals surface area (Å²) < 4.78 is 42.8. The molecule has 0 amide bonds. The summed E-state index contributed by atoms with van der Waals surface area (Å²) in [7, 11) is 1.06. The van der Waals surface area contributed by atoms with E-state index in [1.807, 2.05) is 0 Å². The number of halogens is 3. The van der Waals surface area contributed by atoms with Crippen molar-refractivity contribution in [3.63, 3.8) is 0 Å². The first kappa shape index (κ1) is 12.0. The van der Waals surface area contributed by atoms with Crippen molar-refractivity contribution < 1.29 is 17.9 Å². The van der Waals surface area contributed by atoms with Crippen LogP contribution in [0.4, 0.5) is 24.7 Å². The zero-order valence-corrected chi connectivity index (χ0v) is 9.16. The molecule has 0 unspecified atom stereocenters. The number of aromatic nitrogens is 1. The number of hydrogen-bond acceptors (Lipinski definition) is 4. The van der Waals surface area contributed by atoms with Crippen LogP contribution < -0.4 is 10.6 Å². The van der Waals surface area contributed by atoms with E-state index < -0.39 is 11.8 Å². The SMILES string of the molecule is COC1(C(F)(F)F)CN(c2ncccc2N)C1. The second-order valence-corrected chi connectivity index (χ2v) is 3.97. The van der Waals surface area contributed by atoms with Crippen LogP contribution in [0.25, 0.3) is 0 Å². The molecule has 0 aliphatic carbocycles. The lowest BCUT2D eigenvalue weighted by Gasteiger charge is -2.50. The fraction of sp³-hybridized carbons (Fsp3) is 0.500. The number of alkyl halides is 3. The van der Waals surface area contributed by atoms with Gasteiger partial charge in [-0.3, -0.25) is 0 Å². The van der Waals surface area contributed by atoms with Gasteiger partial charge in [-0.2, -0.15) is 13.2 Å². The number of anilines is 2. The van der Waals surface area contributed by atoms with Gasteiger partial charge in [-0.05, 0) is 12.1 Å². The van der Waals surface area contributed by atoms with Crippen LogP contribution in [0.3, 0.4) is 0 Å². The number of nitrogens with zero attached hydrogens (tertiary/aromatic N) is 2. The van der Waals surface area contributed by atoms with Crippen molar-refractivity contribution >= 4 is 11.5 Å². The maximum absolute atomic E-state index is 12.7. The average Bonchev–Trinajstić information content (AvgIpc) is 2.17. The van der Waals surface area contributed by atoms with Gasteiger partial charge >= 0.3 is 6.18 Å². The van der Waals surface area contributed by atoms with Gasteiger partial charge < -0.3 is 15.4 Å². The fourth-order valence-corrected chi connectivity index (χ4v) is 1.82. The quantitative estimate of drug-likeness (QED) is 0.859. The number of nitrogen functional groups attached to an aromatic ring is 1. The molecule has 1 aromatic heterocycles. The predicted octanol–water partition coefficient (Wildman–Crippen LogP) is 1.43. The van der Waals surface area contributed by atoms with Gasteiger partial charge in [0.1, 0.15) is 0 Å². The number of methoxy groups -OCH3 is 1. The Balaban J connectivity index is 2.15. The molecule has 0 spiro atoms. The first-order valence-electron chi connectivity index (χ1n) is 4.97. The molecule has 4 nitrogen and oxygen atoms in total. The van der Waals surface area contributed by atoms with E-state index in [-0.39, 0.29) is 13.1 Å². The maximum atomic E-state index is 12.7. The lowest BCUT2D eigenvalue weighted by Crippen LogP contribution is -2.70. The van der Waals surface area contributed by atoms with Crippen LogP contribution in [-0.4, -0.2) is 37.0 Å². The second-order valence-electron chi connectivity index (χ2n) is 3.97. The summed E-state index contributed by atoms with van der Waals surface area (Å²) in [5, 5.41) is 0. The number of ether oxygens (including phenoxy) is 1. The minimum atomic E-state index is -4.39. The van der Waals surface area contributed by atoms with E-state index in [2.05, 4.69) is 9.72 Å². The minimum Gasteiger partial charge on any atom is -0.396 e. The van der Waals surface area contributed by atoms with Gasteiger partial charge in [0.15, 0.2) is 11.4 Å². The number of hydrogen-bond donors (Lipinski definition) is 1. The van der Waals surface area contributed by atoms with Crippen LogP contribution in [0.15, 0.2) is 18.3 Å². The van der Waals surface area contributed by atoms with E-state index in [0.717, 1.165) is 7.11 Å². The molecule has 17 heavy (non-hydrogen) atoms. The third-order valence-electron chi connectivity index (χ3n) is 2.92. The van der Waals surface area contributed by atoms with Crippen LogP contribution in [-0.2, 0) is 4.74 Å². The molecule has 1 fully saturated rings. The van der Waals surface area contributed by atoms with E-state index >= 15 is 0 Å². The molecule has 1 saturated heterocycles. The topological polar surface area (TPSA) is 51.4 Å². The Labute approximate surface area is 96.2 Å². The molecular weight excluding hydrogens is 235 g/mol. The number of rotatable bonds is 2. The third-order valence-corrected chi connectivity index (χ3v) is 2.92. The standard InChI is InChI=1S/C10H12F3N3O/c1-17-9(10(11,12)13)5-16(6-9)8-7(14)3-2-4-15-8/h2-4H,5-6,14H2,1H3. The monoisotopic (exact) mass is 247 g/mol. The summed E-state index contributed by atoms with van der Waals surface area (Å²) in [4.78, 5) is 5.41. The fourth-order valence-electron chi connectivity index (χ4n) is 1.82. The Bertz CT molecular complexity index is 416. The number of nitrogens with two attached hydrogens (primary N) is 1. The lowest BCUT2D eigenvalue weighted by molar-refractivity contribution is -0.277. The van der Waals surface area contributed by atoms with E-state index in [9.17, 15) is 13.2 Å². The Kier molecular flexibility index (Phi) is 2.65. The van der Waals surface area contributed by atoms with Crippen molar-refractivity contribution in [3.8, 4) is 0 Å². The summed E-state index contributed by atoms with van der Waals surface area (Å²) in [5.74, 6) is 0.365. The van der Waals surface area contributed by atoms with E-state index in [0.29, 0.717) is 11.5 Å². The van der Waals surface area contributed by atoms with Gasteiger partial charge in [0.05, 0.1) is 18.8 Å². The Morgan fingerprint density at radius 3 is 2.59 bits per heavy atom. The largest absolute Gasteiger partial charge is 0.420 e. The summed E-state index contributed by atoms with van der Waals surface area (Å²) in [6.45, 7) is -0.567. The third kappa shape index (κ3) is 1.80. The molecule has 0 aromatic carbocycles. The highest BCUT2D eigenvalue weighted by Crippen LogP contribution is 2.42. The summed E-state index contributed by atoms with van der Waals surface area (Å²) in [6, 6.07) is 3.23. The smallest absolute Gasteiger partial charge is 0.396 e. The first-order chi connectivity index (χ1) is 7.89. The van der Waals surface area contributed by atoms with E-state index in [4.69, 9.17) is 5.73 Å². The van der Waals surface area contributed by atoms with Crippen LogP contribution in [0.5, 0.6) is 0 Å². The molecule has 2 rings (SSSR count). The highest BCUT2D eigenvalue weighted by atomic mass is 19.4. The normalized spacial score (nSPS) is 18.9. The van der Waals surface area contributed by atoms with Gasteiger partial charge in [0, 0.05) is 13.3 Å². The molecule has 1 aliphatic heterocycles. The second kappa shape index (κ2) is 3.76. The Morgan fingerprint density at radius 2 is 2.12 bits per heavy atom. The Morgan fingerprint density at radius 1 is 1.47 bits per heavy atom.